The fraction of sp³-hybridized carbons (Fsp3) is 0.357. The minimum Gasteiger partial charge on any atom is -0.475 e. The lowest BCUT2D eigenvalue weighted by atomic mass is 9.85. The Kier molecular flexibility index (Phi) is 8.32. The van der Waals surface area contributed by atoms with E-state index in [0.717, 1.165) is 23.3 Å². The summed E-state index contributed by atoms with van der Waals surface area (Å²) in [7, 11) is 0. The molecule has 1 saturated carbocycles. The zero-order chi connectivity index (χ0) is 29.1. The highest BCUT2D eigenvalue weighted by atomic mass is 35.5. The molecule has 216 valence electrons. The molecule has 0 unspecified atom stereocenters. The number of rotatable bonds is 8. The average Bonchev–Trinajstić information content (AvgIpc) is 3.23. The number of aliphatic hydroxyl groups is 1. The number of imidazole rings is 1. The fourth-order valence-electron chi connectivity index (χ4n) is 5.22. The third kappa shape index (κ3) is 6.23. The van der Waals surface area contributed by atoms with E-state index in [1.807, 2.05) is 24.3 Å². The number of aromatic nitrogens is 4. The number of hydrogen-bond acceptors (Lipinski definition) is 6. The summed E-state index contributed by atoms with van der Waals surface area (Å²) in [6, 6.07) is 11.5. The van der Waals surface area contributed by atoms with E-state index in [9.17, 15) is 22.8 Å². The zero-order valence-electron chi connectivity index (χ0n) is 21.8. The van der Waals surface area contributed by atoms with E-state index < -0.39 is 23.3 Å². The van der Waals surface area contributed by atoms with Crippen LogP contribution in [0.2, 0.25) is 5.02 Å². The van der Waals surface area contributed by atoms with E-state index in [1.165, 1.54) is 0 Å². The first-order chi connectivity index (χ1) is 19.7. The third-order valence-electron chi connectivity index (χ3n) is 7.15. The minimum atomic E-state index is -4.78. The lowest BCUT2D eigenvalue weighted by Crippen LogP contribution is -2.39. The van der Waals surface area contributed by atoms with Crippen molar-refractivity contribution in [3.8, 4) is 11.6 Å². The van der Waals surface area contributed by atoms with Gasteiger partial charge in [0.15, 0.2) is 5.69 Å². The maximum atomic E-state index is 13.6. The largest absolute Gasteiger partial charge is 0.475 e. The molecule has 0 spiro atoms. The lowest BCUT2D eigenvalue weighted by molar-refractivity contribution is -0.141. The van der Waals surface area contributed by atoms with Gasteiger partial charge >= 0.3 is 11.9 Å². The molecule has 0 saturated heterocycles. The van der Waals surface area contributed by atoms with Crippen molar-refractivity contribution < 1.29 is 27.8 Å². The number of nitrogens with zero attached hydrogens (tertiary/aromatic N) is 4. The molecule has 13 heteroatoms. The molecule has 1 fully saturated rings. The van der Waals surface area contributed by atoms with Crippen LogP contribution < -0.4 is 15.7 Å². The molecule has 0 aliphatic heterocycles. The number of ether oxygens (including phenoxy) is 1. The van der Waals surface area contributed by atoms with Gasteiger partial charge in [-0.2, -0.15) is 13.2 Å². The van der Waals surface area contributed by atoms with Crippen molar-refractivity contribution >= 4 is 28.5 Å². The number of hydrogen-bond donors (Lipinski definition) is 2. The van der Waals surface area contributed by atoms with Crippen molar-refractivity contribution in [3.05, 3.63) is 81.6 Å². The van der Waals surface area contributed by atoms with Crippen molar-refractivity contribution in [1.29, 1.82) is 0 Å². The van der Waals surface area contributed by atoms with Crippen molar-refractivity contribution in [2.75, 3.05) is 13.2 Å². The Balaban J connectivity index is 1.29. The summed E-state index contributed by atoms with van der Waals surface area (Å²) in [4.78, 5) is 33.9. The molecule has 1 amide bonds. The number of aliphatic hydroxyl groups excluding tert-OH is 1. The predicted octanol–water partition coefficient (Wildman–Crippen LogP) is 4.61. The summed E-state index contributed by atoms with van der Waals surface area (Å²) in [5, 5.41) is 11.6. The Morgan fingerprint density at radius 3 is 2.46 bits per heavy atom. The lowest BCUT2D eigenvalue weighted by Gasteiger charge is -2.29. The van der Waals surface area contributed by atoms with Crippen LogP contribution in [0.5, 0.6) is 5.88 Å². The van der Waals surface area contributed by atoms with Crippen LogP contribution in [0, 0.1) is 5.92 Å². The predicted molar refractivity (Wildman–Crippen MR) is 145 cm³/mol. The number of halogens is 4. The highest BCUT2D eigenvalue weighted by molar-refractivity contribution is 6.30. The zero-order valence-corrected chi connectivity index (χ0v) is 22.5. The second kappa shape index (κ2) is 11.9. The van der Waals surface area contributed by atoms with Gasteiger partial charge < -0.3 is 15.2 Å². The molecule has 3 aromatic heterocycles. The number of alkyl halides is 3. The Hall–Kier alpha value is -3.90. The molecule has 0 atom stereocenters. The number of fused-ring (bicyclic) bond motifs is 1. The SMILES string of the molecule is O=C(N[C@H]1CC[C@H](Cn2c(=O)n(-c3ccc(OCCO)nc3)c3ccccc32)CC1)c1cc(Cl)cnc1C(F)(F)F. The van der Waals surface area contributed by atoms with Gasteiger partial charge in [-0.15, -0.1) is 0 Å². The highest BCUT2D eigenvalue weighted by Crippen LogP contribution is 2.32. The van der Waals surface area contributed by atoms with Gasteiger partial charge in [-0.05, 0) is 55.9 Å². The molecule has 1 aromatic carbocycles. The molecule has 1 aliphatic carbocycles. The van der Waals surface area contributed by atoms with Gasteiger partial charge in [-0.25, -0.2) is 14.8 Å². The van der Waals surface area contributed by atoms with Gasteiger partial charge in [0.2, 0.25) is 5.88 Å². The maximum absolute atomic E-state index is 13.6. The van der Waals surface area contributed by atoms with Crippen molar-refractivity contribution in [2.45, 2.75) is 44.4 Å². The van der Waals surface area contributed by atoms with Crippen LogP contribution in [0.3, 0.4) is 0 Å². The van der Waals surface area contributed by atoms with E-state index in [-0.39, 0.29) is 35.9 Å². The van der Waals surface area contributed by atoms with E-state index in [1.54, 1.807) is 27.5 Å². The number of nitrogens with one attached hydrogen (secondary N) is 1. The van der Waals surface area contributed by atoms with Crippen LogP contribution in [-0.4, -0.2) is 49.4 Å². The molecule has 4 aromatic rings. The number of amides is 1. The molecular formula is C28H27ClF3N5O4. The first-order valence-corrected chi connectivity index (χ1v) is 13.5. The summed E-state index contributed by atoms with van der Waals surface area (Å²) in [6.07, 6.45) is 0.0807. The van der Waals surface area contributed by atoms with Gasteiger partial charge in [0, 0.05) is 24.8 Å². The summed E-state index contributed by atoms with van der Waals surface area (Å²) in [5.41, 5.74) is -0.0380. The van der Waals surface area contributed by atoms with E-state index in [4.69, 9.17) is 21.4 Å². The number of carbonyl (C=O) groups excluding carboxylic acids is 1. The van der Waals surface area contributed by atoms with Gasteiger partial charge in [0.25, 0.3) is 5.91 Å². The summed E-state index contributed by atoms with van der Waals surface area (Å²) in [6.45, 7) is 0.432. The topological polar surface area (TPSA) is 111 Å². The first kappa shape index (κ1) is 28.6. The standard InChI is InChI=1S/C28H27ClF3N5O4/c29-18-13-21(25(34-14-18)28(30,31)32)26(39)35-19-7-5-17(6-8-19)16-36-22-3-1-2-4-23(22)37(27(36)40)20-9-10-24(33-15-20)41-12-11-38/h1-4,9-10,13-15,17,19,38H,5-8,11-12,16H2,(H,35,39)/t17-,19-. The van der Waals surface area contributed by atoms with Gasteiger partial charge in [-0.1, -0.05) is 23.7 Å². The number of para-hydroxylation sites is 2. The molecular weight excluding hydrogens is 563 g/mol. The van der Waals surface area contributed by atoms with Crippen LogP contribution >= 0.6 is 11.6 Å². The number of benzene rings is 1. The molecule has 9 nitrogen and oxygen atoms in total. The van der Waals surface area contributed by atoms with Crippen LogP contribution in [-0.2, 0) is 12.7 Å². The van der Waals surface area contributed by atoms with Gasteiger partial charge in [0.1, 0.15) is 6.61 Å². The number of carbonyl (C=O) groups is 1. The molecule has 0 radical (unpaired) electrons. The monoisotopic (exact) mass is 589 g/mol. The second-order valence-corrected chi connectivity index (χ2v) is 10.3. The van der Waals surface area contributed by atoms with Gasteiger partial charge in [0.05, 0.1) is 40.1 Å². The Labute approximate surface area is 237 Å². The molecule has 1 aliphatic rings. The smallest absolute Gasteiger partial charge is 0.434 e. The van der Waals surface area contributed by atoms with E-state index in [2.05, 4.69) is 15.3 Å². The van der Waals surface area contributed by atoms with Crippen LogP contribution in [0.25, 0.3) is 16.7 Å². The Morgan fingerprint density at radius 2 is 1.80 bits per heavy atom. The third-order valence-corrected chi connectivity index (χ3v) is 7.35. The summed E-state index contributed by atoms with van der Waals surface area (Å²) >= 11 is 5.81. The average molecular weight is 590 g/mol. The molecule has 0 bridgehead atoms. The van der Waals surface area contributed by atoms with Crippen LogP contribution in [0.15, 0.2) is 59.7 Å². The van der Waals surface area contributed by atoms with Crippen molar-refractivity contribution in [3.63, 3.8) is 0 Å². The summed E-state index contributed by atoms with van der Waals surface area (Å²) in [5.74, 6) is -0.396. The Bertz CT molecular complexity index is 1600. The number of pyridine rings is 2. The van der Waals surface area contributed by atoms with Crippen LogP contribution in [0.1, 0.15) is 41.7 Å². The fourth-order valence-corrected chi connectivity index (χ4v) is 5.38. The normalized spacial score (nSPS) is 17.5. The molecule has 3 heterocycles. The molecule has 5 rings (SSSR count). The molecule has 41 heavy (non-hydrogen) atoms. The maximum Gasteiger partial charge on any atom is 0.434 e. The quantitative estimate of drug-likeness (QED) is 0.310. The van der Waals surface area contributed by atoms with E-state index in [0.29, 0.717) is 43.8 Å². The minimum absolute atomic E-state index is 0.0572. The second-order valence-electron chi connectivity index (χ2n) is 9.88. The van der Waals surface area contributed by atoms with E-state index >= 15 is 0 Å². The molecule has 2 N–H and O–H groups in total. The van der Waals surface area contributed by atoms with Crippen molar-refractivity contribution in [1.82, 2.24) is 24.4 Å². The highest BCUT2D eigenvalue weighted by Gasteiger charge is 2.38. The summed E-state index contributed by atoms with van der Waals surface area (Å²) < 4.78 is 48.7. The first-order valence-electron chi connectivity index (χ1n) is 13.1. The van der Waals surface area contributed by atoms with Crippen molar-refractivity contribution in [2.24, 2.45) is 5.92 Å². The Morgan fingerprint density at radius 1 is 1.07 bits per heavy atom. The van der Waals surface area contributed by atoms with Gasteiger partial charge in [-0.3, -0.25) is 13.9 Å². The van der Waals surface area contributed by atoms with Crippen LogP contribution in [0.4, 0.5) is 13.2 Å².